The van der Waals surface area contributed by atoms with Gasteiger partial charge < -0.3 is 0 Å². The summed E-state index contributed by atoms with van der Waals surface area (Å²) in [4.78, 5) is 29.0. The molecular formula is C48H46N2O2. The number of benzene rings is 4. The van der Waals surface area contributed by atoms with Crippen molar-refractivity contribution in [3.05, 3.63) is 173 Å². The highest BCUT2D eigenvalue weighted by Crippen LogP contribution is 2.20. The van der Waals surface area contributed by atoms with Crippen molar-refractivity contribution in [2.75, 3.05) is 6.54 Å². The fourth-order valence-corrected chi connectivity index (χ4v) is 6.26. The van der Waals surface area contributed by atoms with E-state index in [1.807, 2.05) is 30.5 Å². The normalized spacial score (nSPS) is 13.0. The molecule has 260 valence electrons. The first kappa shape index (κ1) is 35.9. The van der Waals surface area contributed by atoms with Crippen LogP contribution in [0.3, 0.4) is 0 Å². The van der Waals surface area contributed by atoms with Crippen molar-refractivity contribution in [3.8, 4) is 11.3 Å². The molecule has 2 heterocycles. The Morgan fingerprint density at radius 2 is 0.904 bits per heavy atom. The van der Waals surface area contributed by atoms with Crippen LogP contribution in [0.4, 0.5) is 0 Å². The number of pyridine rings is 1. The molecule has 0 N–H and O–H groups in total. The van der Waals surface area contributed by atoms with Gasteiger partial charge in [-0.3, -0.25) is 19.5 Å². The summed E-state index contributed by atoms with van der Waals surface area (Å²) in [6.45, 7) is 0.543. The Hall–Kier alpha value is -5.87. The average Bonchev–Trinajstić information content (AvgIpc) is 3.52. The molecule has 1 aliphatic heterocycles. The number of amides is 2. The van der Waals surface area contributed by atoms with Gasteiger partial charge in [-0.2, -0.15) is 0 Å². The van der Waals surface area contributed by atoms with Crippen LogP contribution in [0.25, 0.3) is 47.7 Å². The molecule has 0 atom stereocenters. The van der Waals surface area contributed by atoms with E-state index in [0.29, 0.717) is 6.54 Å². The predicted octanol–water partition coefficient (Wildman–Crippen LogP) is 11.5. The largest absolute Gasteiger partial charge is 0.275 e. The second-order valence-corrected chi connectivity index (χ2v) is 13.3. The van der Waals surface area contributed by atoms with E-state index >= 15 is 0 Å². The van der Waals surface area contributed by atoms with Crippen LogP contribution < -0.4 is 0 Å². The van der Waals surface area contributed by atoms with Crippen LogP contribution in [0.1, 0.15) is 83.9 Å². The first-order valence-electron chi connectivity index (χ1n) is 18.5. The summed E-state index contributed by atoms with van der Waals surface area (Å²) in [6.07, 6.45) is 26.6. The van der Waals surface area contributed by atoms with Gasteiger partial charge in [-0.05, 0) is 70.3 Å². The highest BCUT2D eigenvalue weighted by atomic mass is 16.2. The Labute approximate surface area is 308 Å². The quantitative estimate of drug-likeness (QED) is 0.0557. The number of imide groups is 1. The van der Waals surface area contributed by atoms with Gasteiger partial charge in [-0.15, -0.1) is 0 Å². The number of carbonyl (C=O) groups is 2. The van der Waals surface area contributed by atoms with Gasteiger partial charge >= 0.3 is 0 Å². The Bertz CT molecular complexity index is 2000. The SMILES string of the molecule is O=C1C=CC(=O)N1CCCCCCCCCc1ccc(/C=C/c2ccc(/C=C/c3ccc(/C=C/c4ccnc(-c5ccccc5)c4)cc3)cc2)cc1. The van der Waals surface area contributed by atoms with Crippen molar-refractivity contribution in [2.45, 2.75) is 51.4 Å². The van der Waals surface area contributed by atoms with Crippen molar-refractivity contribution < 1.29 is 9.59 Å². The molecular weight excluding hydrogens is 637 g/mol. The van der Waals surface area contributed by atoms with Gasteiger partial charge in [0.15, 0.2) is 0 Å². The van der Waals surface area contributed by atoms with E-state index in [-0.39, 0.29) is 11.8 Å². The van der Waals surface area contributed by atoms with Crippen LogP contribution in [0.5, 0.6) is 0 Å². The van der Waals surface area contributed by atoms with Gasteiger partial charge in [-0.1, -0.05) is 172 Å². The van der Waals surface area contributed by atoms with Gasteiger partial charge in [0.1, 0.15) is 0 Å². The van der Waals surface area contributed by atoms with E-state index in [2.05, 4.69) is 132 Å². The van der Waals surface area contributed by atoms with E-state index in [0.717, 1.165) is 53.6 Å². The van der Waals surface area contributed by atoms with E-state index < -0.39 is 0 Å². The number of hydrogen-bond acceptors (Lipinski definition) is 3. The third kappa shape index (κ3) is 11.1. The minimum atomic E-state index is -0.173. The fourth-order valence-electron chi connectivity index (χ4n) is 6.26. The number of unbranched alkanes of at least 4 members (excludes halogenated alkanes) is 6. The molecule has 0 aliphatic carbocycles. The molecule has 0 bridgehead atoms. The predicted molar refractivity (Wildman–Crippen MR) is 218 cm³/mol. The lowest BCUT2D eigenvalue weighted by Crippen LogP contribution is -2.30. The van der Waals surface area contributed by atoms with Crippen molar-refractivity contribution >= 4 is 48.3 Å². The molecule has 4 aromatic carbocycles. The minimum absolute atomic E-state index is 0.173. The molecule has 0 unspecified atom stereocenters. The number of aromatic nitrogens is 1. The molecule has 0 spiro atoms. The molecule has 5 aromatic rings. The molecule has 1 aromatic heterocycles. The van der Waals surface area contributed by atoms with Crippen LogP contribution in [0, 0.1) is 0 Å². The molecule has 0 saturated heterocycles. The van der Waals surface area contributed by atoms with Crippen LogP contribution in [0.15, 0.2) is 134 Å². The van der Waals surface area contributed by atoms with Gasteiger partial charge in [0.25, 0.3) is 11.8 Å². The summed E-state index contributed by atoms with van der Waals surface area (Å²) in [5.41, 5.74) is 10.5. The monoisotopic (exact) mass is 682 g/mol. The third-order valence-corrected chi connectivity index (χ3v) is 9.36. The van der Waals surface area contributed by atoms with Gasteiger partial charge in [0, 0.05) is 30.5 Å². The number of carbonyl (C=O) groups excluding carboxylic acids is 2. The maximum absolute atomic E-state index is 11.6. The molecule has 52 heavy (non-hydrogen) atoms. The molecule has 1 aliphatic rings. The second kappa shape index (κ2) is 18.9. The van der Waals surface area contributed by atoms with Gasteiger partial charge in [-0.25, -0.2) is 0 Å². The van der Waals surface area contributed by atoms with E-state index in [9.17, 15) is 9.59 Å². The molecule has 0 radical (unpaired) electrons. The number of rotatable bonds is 17. The van der Waals surface area contributed by atoms with Crippen LogP contribution in [0.2, 0.25) is 0 Å². The average molecular weight is 683 g/mol. The second-order valence-electron chi connectivity index (χ2n) is 13.3. The highest BCUT2D eigenvalue weighted by Gasteiger charge is 2.22. The molecule has 0 fully saturated rings. The van der Waals surface area contributed by atoms with Crippen molar-refractivity contribution in [3.63, 3.8) is 0 Å². The molecule has 0 saturated carbocycles. The zero-order chi connectivity index (χ0) is 35.8. The van der Waals surface area contributed by atoms with E-state index in [1.165, 1.54) is 65.0 Å². The summed E-state index contributed by atoms with van der Waals surface area (Å²) >= 11 is 0. The lowest BCUT2D eigenvalue weighted by molar-refractivity contribution is -0.136. The fraction of sp³-hybridized carbons (Fsp3) is 0.188. The molecule has 4 heteroatoms. The maximum Gasteiger partial charge on any atom is 0.253 e. The Morgan fingerprint density at radius 1 is 0.462 bits per heavy atom. The van der Waals surface area contributed by atoms with Gasteiger partial charge in [0.2, 0.25) is 0 Å². The zero-order valence-corrected chi connectivity index (χ0v) is 29.7. The minimum Gasteiger partial charge on any atom is -0.275 e. The number of nitrogens with zero attached hydrogens (tertiary/aromatic N) is 2. The van der Waals surface area contributed by atoms with Crippen LogP contribution >= 0.6 is 0 Å². The Balaban J connectivity index is 0.879. The first-order valence-corrected chi connectivity index (χ1v) is 18.5. The summed E-state index contributed by atoms with van der Waals surface area (Å²) in [5, 5.41) is 0. The van der Waals surface area contributed by atoms with Crippen molar-refractivity contribution in [2.24, 2.45) is 0 Å². The standard InChI is InChI=1S/C48H46N2O2/c51-47-32-33-48(52)50(47)36-10-5-3-1-2-4-7-11-38-14-16-39(17-15-38)18-19-40-20-22-41(23-21-40)24-25-42-26-28-43(29-27-42)30-31-44-34-35-49-46(37-44)45-12-8-6-9-13-45/h6,8-9,12-35,37H,1-5,7,10-11,36H2/b19-18+,25-24+,31-30+. The van der Waals surface area contributed by atoms with Crippen molar-refractivity contribution in [1.82, 2.24) is 9.88 Å². The van der Waals surface area contributed by atoms with Crippen LogP contribution in [-0.2, 0) is 16.0 Å². The van der Waals surface area contributed by atoms with E-state index in [1.54, 1.807) is 0 Å². The molecule has 2 amide bonds. The lowest BCUT2D eigenvalue weighted by atomic mass is 10.0. The third-order valence-electron chi connectivity index (χ3n) is 9.36. The smallest absolute Gasteiger partial charge is 0.253 e. The Kier molecular flexibility index (Phi) is 13.1. The molecule has 6 rings (SSSR count). The number of hydrogen-bond donors (Lipinski definition) is 0. The summed E-state index contributed by atoms with van der Waals surface area (Å²) in [7, 11) is 0. The zero-order valence-electron chi connectivity index (χ0n) is 29.7. The van der Waals surface area contributed by atoms with Gasteiger partial charge in [0.05, 0.1) is 5.69 Å². The molecule has 4 nitrogen and oxygen atoms in total. The summed E-state index contributed by atoms with van der Waals surface area (Å²) in [5.74, 6) is -0.347. The Morgan fingerprint density at radius 3 is 1.42 bits per heavy atom. The topological polar surface area (TPSA) is 50.3 Å². The van der Waals surface area contributed by atoms with Crippen LogP contribution in [-0.4, -0.2) is 28.2 Å². The van der Waals surface area contributed by atoms with E-state index in [4.69, 9.17) is 0 Å². The summed E-state index contributed by atoms with van der Waals surface area (Å²) in [6, 6.07) is 40.5. The maximum atomic E-state index is 11.6. The van der Waals surface area contributed by atoms with Crippen molar-refractivity contribution in [1.29, 1.82) is 0 Å². The first-order chi connectivity index (χ1) is 25.6. The summed E-state index contributed by atoms with van der Waals surface area (Å²) < 4.78 is 0. The number of aryl methyl sites for hydroxylation is 1. The highest BCUT2D eigenvalue weighted by molar-refractivity contribution is 6.12. The lowest BCUT2D eigenvalue weighted by Gasteiger charge is -2.13.